The van der Waals surface area contributed by atoms with Crippen LogP contribution in [-0.4, -0.2) is 39.8 Å². The molecule has 1 aromatic carbocycles. The van der Waals surface area contributed by atoms with Crippen LogP contribution in [0.1, 0.15) is 19.8 Å². The molecule has 122 valence electrons. The van der Waals surface area contributed by atoms with Gasteiger partial charge in [-0.1, -0.05) is 24.8 Å². The van der Waals surface area contributed by atoms with Gasteiger partial charge < -0.3 is 9.32 Å². The van der Waals surface area contributed by atoms with Crippen molar-refractivity contribution < 1.29 is 13.6 Å². The molecule has 0 spiro atoms. The van der Waals surface area contributed by atoms with Gasteiger partial charge in [-0.15, -0.1) is 10.2 Å². The molecular weight excluding hydrogens is 317 g/mol. The van der Waals surface area contributed by atoms with Crippen LogP contribution in [-0.2, 0) is 4.79 Å². The molecule has 1 saturated heterocycles. The number of carbonyl (C=O) groups is 1. The number of benzene rings is 1. The highest BCUT2D eigenvalue weighted by Gasteiger charge is 2.21. The summed E-state index contributed by atoms with van der Waals surface area (Å²) in [5.74, 6) is 0.820. The van der Waals surface area contributed by atoms with E-state index in [0.717, 1.165) is 19.5 Å². The Hall–Kier alpha value is -1.89. The lowest BCUT2D eigenvalue weighted by molar-refractivity contribution is -0.130. The molecule has 0 unspecified atom stereocenters. The molecule has 0 N–H and O–H groups in total. The monoisotopic (exact) mass is 335 g/mol. The molecule has 5 nitrogen and oxygen atoms in total. The lowest BCUT2D eigenvalue weighted by atomic mass is 10.0. The van der Waals surface area contributed by atoms with Gasteiger partial charge >= 0.3 is 0 Å². The van der Waals surface area contributed by atoms with Crippen molar-refractivity contribution in [3.63, 3.8) is 0 Å². The number of aromatic nitrogens is 2. The molecule has 1 aliphatic rings. The van der Waals surface area contributed by atoms with Crippen molar-refractivity contribution in [3.8, 4) is 11.5 Å². The maximum Gasteiger partial charge on any atom is 0.277 e. The number of hydrogen-bond acceptors (Lipinski definition) is 5. The summed E-state index contributed by atoms with van der Waals surface area (Å²) >= 11 is 1.22. The minimum Gasteiger partial charge on any atom is -0.411 e. The lowest BCUT2D eigenvalue weighted by Crippen LogP contribution is -2.40. The van der Waals surface area contributed by atoms with Crippen molar-refractivity contribution >= 4 is 17.7 Å². The molecular formula is C16H18FN3O2S. The first kappa shape index (κ1) is 16.0. The van der Waals surface area contributed by atoms with Crippen molar-refractivity contribution in [1.29, 1.82) is 0 Å². The van der Waals surface area contributed by atoms with E-state index < -0.39 is 0 Å². The summed E-state index contributed by atoms with van der Waals surface area (Å²) in [4.78, 5) is 14.1. The summed E-state index contributed by atoms with van der Waals surface area (Å²) in [5.41, 5.74) is 0.528. The number of carbonyl (C=O) groups excluding carboxylic acids is 1. The molecule has 1 amide bonds. The number of thioether (sulfide) groups is 1. The van der Waals surface area contributed by atoms with Crippen molar-refractivity contribution in [2.24, 2.45) is 5.92 Å². The van der Waals surface area contributed by atoms with E-state index >= 15 is 0 Å². The summed E-state index contributed by atoms with van der Waals surface area (Å²) in [5, 5.41) is 8.13. The maximum atomic E-state index is 13.2. The van der Waals surface area contributed by atoms with Crippen LogP contribution in [0.25, 0.3) is 11.5 Å². The van der Waals surface area contributed by atoms with Gasteiger partial charge in [-0.3, -0.25) is 4.79 Å². The van der Waals surface area contributed by atoms with Crippen molar-refractivity contribution in [2.75, 3.05) is 18.8 Å². The van der Waals surface area contributed by atoms with E-state index in [9.17, 15) is 9.18 Å². The highest BCUT2D eigenvalue weighted by Crippen LogP contribution is 2.24. The molecule has 0 aliphatic carbocycles. The number of hydrogen-bond donors (Lipinski definition) is 0. The fraction of sp³-hybridized carbons (Fsp3) is 0.438. The fourth-order valence-electron chi connectivity index (χ4n) is 2.64. The number of rotatable bonds is 4. The zero-order chi connectivity index (χ0) is 16.2. The summed E-state index contributed by atoms with van der Waals surface area (Å²) in [7, 11) is 0. The van der Waals surface area contributed by atoms with Crippen LogP contribution in [0, 0.1) is 11.7 Å². The zero-order valence-electron chi connectivity index (χ0n) is 12.9. The average molecular weight is 335 g/mol. The van der Waals surface area contributed by atoms with E-state index in [0.29, 0.717) is 16.7 Å². The molecule has 1 aliphatic heterocycles. The van der Waals surface area contributed by atoms with Crippen molar-refractivity contribution in [2.45, 2.75) is 25.0 Å². The third-order valence-corrected chi connectivity index (χ3v) is 4.61. The van der Waals surface area contributed by atoms with Gasteiger partial charge in [-0.25, -0.2) is 4.39 Å². The molecule has 1 fully saturated rings. The second-order valence-electron chi connectivity index (χ2n) is 5.76. The summed E-state index contributed by atoms with van der Waals surface area (Å²) < 4.78 is 18.7. The van der Waals surface area contributed by atoms with Crippen LogP contribution < -0.4 is 0 Å². The van der Waals surface area contributed by atoms with Gasteiger partial charge in [0, 0.05) is 18.7 Å². The second kappa shape index (κ2) is 7.12. The van der Waals surface area contributed by atoms with Gasteiger partial charge in [0.1, 0.15) is 5.82 Å². The molecule has 1 atom stereocenters. The Morgan fingerprint density at radius 2 is 2.35 bits per heavy atom. The minimum atomic E-state index is -0.357. The summed E-state index contributed by atoms with van der Waals surface area (Å²) in [6.45, 7) is 3.80. The first-order valence-electron chi connectivity index (χ1n) is 7.62. The Labute approximate surface area is 138 Å². The van der Waals surface area contributed by atoms with E-state index in [1.165, 1.54) is 30.3 Å². The first-order chi connectivity index (χ1) is 11.1. The highest BCUT2D eigenvalue weighted by atomic mass is 32.2. The number of amides is 1. The average Bonchev–Trinajstić information content (AvgIpc) is 3.01. The third kappa shape index (κ3) is 4.10. The quantitative estimate of drug-likeness (QED) is 0.803. The van der Waals surface area contributed by atoms with Crippen LogP contribution in [0.15, 0.2) is 33.9 Å². The Morgan fingerprint density at radius 1 is 1.48 bits per heavy atom. The lowest BCUT2D eigenvalue weighted by Gasteiger charge is -2.30. The topological polar surface area (TPSA) is 59.2 Å². The molecule has 0 radical (unpaired) electrons. The third-order valence-electron chi connectivity index (χ3n) is 3.81. The van der Waals surface area contributed by atoms with E-state index in [1.54, 1.807) is 12.1 Å². The Bertz CT molecular complexity index is 691. The maximum absolute atomic E-state index is 13.2. The Balaban J connectivity index is 1.58. The molecule has 1 aromatic heterocycles. The predicted molar refractivity (Wildman–Crippen MR) is 85.4 cm³/mol. The standard InChI is InChI=1S/C16H18FN3O2S/c1-11-4-3-7-20(9-11)14(21)10-23-16-19-18-15(22-16)12-5-2-6-13(17)8-12/h2,5-6,8,11H,3-4,7,9-10H2,1H3/t11-/m1/s1. The molecule has 7 heteroatoms. The van der Waals surface area contributed by atoms with Gasteiger partial charge in [0.15, 0.2) is 0 Å². The molecule has 23 heavy (non-hydrogen) atoms. The Kier molecular flexibility index (Phi) is 4.95. The van der Waals surface area contributed by atoms with Gasteiger partial charge in [0.2, 0.25) is 11.8 Å². The van der Waals surface area contributed by atoms with Crippen LogP contribution in [0.3, 0.4) is 0 Å². The first-order valence-corrected chi connectivity index (χ1v) is 8.60. The molecule has 0 saturated carbocycles. The van der Waals surface area contributed by atoms with Gasteiger partial charge in [0.25, 0.3) is 5.22 Å². The molecule has 3 rings (SSSR count). The van der Waals surface area contributed by atoms with E-state index in [1.807, 2.05) is 4.90 Å². The van der Waals surface area contributed by atoms with Crippen LogP contribution in [0.5, 0.6) is 0 Å². The van der Waals surface area contributed by atoms with Crippen molar-refractivity contribution in [1.82, 2.24) is 15.1 Å². The molecule has 0 bridgehead atoms. The van der Waals surface area contributed by atoms with E-state index in [2.05, 4.69) is 17.1 Å². The summed E-state index contributed by atoms with van der Waals surface area (Å²) in [6, 6.07) is 5.98. The van der Waals surface area contributed by atoms with Crippen LogP contribution in [0.4, 0.5) is 4.39 Å². The molecule has 2 heterocycles. The van der Waals surface area contributed by atoms with Crippen LogP contribution in [0.2, 0.25) is 0 Å². The highest BCUT2D eigenvalue weighted by molar-refractivity contribution is 7.99. The smallest absolute Gasteiger partial charge is 0.277 e. The number of piperidine rings is 1. The zero-order valence-corrected chi connectivity index (χ0v) is 13.7. The number of halogens is 1. The molecule has 2 aromatic rings. The Morgan fingerprint density at radius 3 is 3.13 bits per heavy atom. The number of likely N-dealkylation sites (tertiary alicyclic amines) is 1. The van der Waals surface area contributed by atoms with Gasteiger partial charge in [-0.2, -0.15) is 0 Å². The predicted octanol–water partition coefficient (Wildman–Crippen LogP) is 3.23. The van der Waals surface area contributed by atoms with E-state index in [4.69, 9.17) is 4.42 Å². The SMILES string of the molecule is C[C@@H]1CCCN(C(=O)CSc2nnc(-c3cccc(F)c3)o2)C1. The minimum absolute atomic E-state index is 0.0899. The van der Waals surface area contributed by atoms with Crippen LogP contribution >= 0.6 is 11.8 Å². The van der Waals surface area contributed by atoms with Gasteiger partial charge in [-0.05, 0) is 37.0 Å². The van der Waals surface area contributed by atoms with Gasteiger partial charge in [0.05, 0.1) is 5.75 Å². The second-order valence-corrected chi connectivity index (χ2v) is 6.69. The largest absolute Gasteiger partial charge is 0.411 e. The summed E-state index contributed by atoms with van der Waals surface area (Å²) in [6.07, 6.45) is 2.24. The fourth-order valence-corrected chi connectivity index (χ4v) is 3.30. The van der Waals surface area contributed by atoms with E-state index in [-0.39, 0.29) is 23.4 Å². The van der Waals surface area contributed by atoms with Crippen molar-refractivity contribution in [3.05, 3.63) is 30.1 Å². The normalized spacial score (nSPS) is 18.2. The number of nitrogens with zero attached hydrogens (tertiary/aromatic N) is 3.